The maximum atomic E-state index is 5.98. The van der Waals surface area contributed by atoms with Crippen LogP contribution in [0.2, 0.25) is 10.0 Å². The van der Waals surface area contributed by atoms with E-state index in [2.05, 4.69) is 12.1 Å². The Kier molecular flexibility index (Phi) is 4.12. The number of hydrogen-bond acceptors (Lipinski definition) is 0. The fourth-order valence-corrected chi connectivity index (χ4v) is 2.95. The standard InChI is InChI=1S/C13H8Cl2.Hf/c14-12-5-1-3-10(8-12)7-11-4-2-6-13(15)9-11;/h1-6,8-9H;/q;+2. The van der Waals surface area contributed by atoms with Crippen molar-refractivity contribution < 1.29 is 23.9 Å². The van der Waals surface area contributed by atoms with Crippen molar-refractivity contribution in [2.24, 2.45) is 0 Å². The summed E-state index contributed by atoms with van der Waals surface area (Å²) < 4.78 is 1.31. The molecule has 0 radical (unpaired) electrons. The van der Waals surface area contributed by atoms with Gasteiger partial charge in [0.1, 0.15) is 0 Å². The molecule has 0 fully saturated rings. The molecule has 0 aliphatic heterocycles. The second-order valence-corrected chi connectivity index (χ2v) is 6.06. The van der Waals surface area contributed by atoms with Gasteiger partial charge in [0.25, 0.3) is 0 Å². The van der Waals surface area contributed by atoms with Gasteiger partial charge >= 0.3 is 120 Å². The topological polar surface area (TPSA) is 0 Å². The van der Waals surface area contributed by atoms with Crippen LogP contribution in [0.25, 0.3) is 0 Å². The molecule has 3 heteroatoms. The number of hydrogen-bond donors (Lipinski definition) is 0. The number of rotatable bonds is 2. The summed E-state index contributed by atoms with van der Waals surface area (Å²) in [7, 11) is 0. The molecular formula is C13H8Cl2Hf+2. The van der Waals surface area contributed by atoms with Gasteiger partial charge in [0, 0.05) is 0 Å². The Morgan fingerprint density at radius 3 is 1.62 bits per heavy atom. The second kappa shape index (κ2) is 5.39. The molecule has 0 N–H and O–H groups in total. The molecule has 0 atom stereocenters. The van der Waals surface area contributed by atoms with E-state index in [1.54, 1.807) is 0 Å². The SMILES string of the molecule is Clc1cccc([C](=[Hf+2])c2cccc(Cl)c2)c1. The van der Waals surface area contributed by atoms with Gasteiger partial charge in [-0.25, -0.2) is 0 Å². The molecule has 2 rings (SSSR count). The summed E-state index contributed by atoms with van der Waals surface area (Å²) in [6.45, 7) is 0. The van der Waals surface area contributed by atoms with Crippen molar-refractivity contribution in [3.8, 4) is 0 Å². The molecule has 0 aromatic heterocycles. The molecule has 0 aliphatic carbocycles. The van der Waals surface area contributed by atoms with Crippen molar-refractivity contribution in [1.82, 2.24) is 0 Å². The molecule has 0 bridgehead atoms. The molecule has 2 aromatic carbocycles. The molecule has 0 saturated carbocycles. The van der Waals surface area contributed by atoms with Crippen molar-refractivity contribution >= 4 is 26.5 Å². The molecule has 2 aromatic rings. The van der Waals surface area contributed by atoms with Crippen LogP contribution in [0.4, 0.5) is 0 Å². The van der Waals surface area contributed by atoms with E-state index in [1.807, 2.05) is 36.4 Å². The molecule has 0 unspecified atom stereocenters. The van der Waals surface area contributed by atoms with Gasteiger partial charge in [-0.2, -0.15) is 0 Å². The molecule has 0 heterocycles. The van der Waals surface area contributed by atoms with Gasteiger partial charge in [-0.3, -0.25) is 0 Å². The van der Waals surface area contributed by atoms with E-state index in [0.717, 1.165) is 33.9 Å². The average Bonchev–Trinajstić information content (AvgIpc) is 2.28. The number of halogens is 2. The fourth-order valence-electron chi connectivity index (χ4n) is 1.45. The van der Waals surface area contributed by atoms with Crippen LogP contribution in [0.15, 0.2) is 48.5 Å². The zero-order valence-corrected chi connectivity index (χ0v) is 13.5. The van der Waals surface area contributed by atoms with Crippen molar-refractivity contribution in [3.05, 3.63) is 69.7 Å². The van der Waals surface area contributed by atoms with Crippen LogP contribution in [-0.4, -0.2) is 3.26 Å². The van der Waals surface area contributed by atoms with Gasteiger partial charge in [-0.05, 0) is 0 Å². The van der Waals surface area contributed by atoms with Crippen LogP contribution in [0, 0.1) is 0 Å². The minimum atomic E-state index is 0.771. The third-order valence-corrected chi connectivity index (χ3v) is 4.77. The third-order valence-electron chi connectivity index (χ3n) is 2.23. The van der Waals surface area contributed by atoms with E-state index in [1.165, 1.54) is 14.4 Å². The molecule has 0 saturated heterocycles. The van der Waals surface area contributed by atoms with Crippen LogP contribution in [0.5, 0.6) is 0 Å². The summed E-state index contributed by atoms with van der Waals surface area (Å²) in [5.41, 5.74) is 2.36. The Labute approximate surface area is 119 Å². The van der Waals surface area contributed by atoms with Gasteiger partial charge in [-0.1, -0.05) is 0 Å². The van der Waals surface area contributed by atoms with E-state index in [4.69, 9.17) is 23.2 Å². The Morgan fingerprint density at radius 2 is 1.25 bits per heavy atom. The zero-order valence-electron chi connectivity index (χ0n) is 8.37. The number of benzene rings is 2. The summed E-state index contributed by atoms with van der Waals surface area (Å²) >= 11 is 12.9. The molecule has 16 heavy (non-hydrogen) atoms. The maximum absolute atomic E-state index is 5.98. The van der Waals surface area contributed by atoms with Crippen LogP contribution in [0.3, 0.4) is 0 Å². The predicted octanol–water partition coefficient (Wildman–Crippen LogP) is 4.11. The summed E-state index contributed by atoms with van der Waals surface area (Å²) in [5, 5.41) is 1.54. The fraction of sp³-hybridized carbons (Fsp3) is 0. The van der Waals surface area contributed by atoms with E-state index in [0.29, 0.717) is 0 Å². The third kappa shape index (κ3) is 2.91. The normalized spacial score (nSPS) is 10.2. The van der Waals surface area contributed by atoms with Crippen LogP contribution in [0.1, 0.15) is 11.1 Å². The quantitative estimate of drug-likeness (QED) is 0.650. The van der Waals surface area contributed by atoms with Gasteiger partial charge < -0.3 is 0 Å². The molecule has 76 valence electrons. The van der Waals surface area contributed by atoms with E-state index < -0.39 is 0 Å². The molecule has 0 spiro atoms. The summed E-state index contributed by atoms with van der Waals surface area (Å²) in [6.07, 6.45) is 0. The van der Waals surface area contributed by atoms with Gasteiger partial charge in [-0.15, -0.1) is 0 Å². The van der Waals surface area contributed by atoms with Crippen molar-refractivity contribution in [2.75, 3.05) is 0 Å². The van der Waals surface area contributed by atoms with E-state index in [-0.39, 0.29) is 0 Å². The van der Waals surface area contributed by atoms with Gasteiger partial charge in [0.05, 0.1) is 0 Å². The molecule has 0 amide bonds. The first kappa shape index (κ1) is 12.2. The Bertz CT molecular complexity index is 487. The minimum absolute atomic E-state index is 0.771. The first-order chi connectivity index (χ1) is 7.66. The van der Waals surface area contributed by atoms with Gasteiger partial charge in [0.15, 0.2) is 0 Å². The predicted molar refractivity (Wildman–Crippen MR) is 66.1 cm³/mol. The molecular weight excluding hydrogens is 406 g/mol. The van der Waals surface area contributed by atoms with Crippen LogP contribution in [-0.2, 0) is 23.9 Å². The summed E-state index contributed by atoms with van der Waals surface area (Å²) in [5.74, 6) is 0. The van der Waals surface area contributed by atoms with Crippen LogP contribution < -0.4 is 0 Å². The first-order valence-corrected chi connectivity index (χ1v) is 7.32. The van der Waals surface area contributed by atoms with E-state index >= 15 is 0 Å². The average molecular weight is 414 g/mol. The first-order valence-electron chi connectivity index (χ1n) is 4.77. The monoisotopic (exact) mass is 414 g/mol. The summed E-state index contributed by atoms with van der Waals surface area (Å²) in [4.78, 5) is 0. The molecule has 0 nitrogen and oxygen atoms in total. The Balaban J connectivity index is 2.39. The van der Waals surface area contributed by atoms with Crippen molar-refractivity contribution in [3.63, 3.8) is 0 Å². The second-order valence-electron chi connectivity index (χ2n) is 3.40. The Hall–Kier alpha value is -0.240. The Morgan fingerprint density at radius 1 is 0.812 bits per heavy atom. The molecule has 0 aliphatic rings. The van der Waals surface area contributed by atoms with Crippen molar-refractivity contribution in [1.29, 1.82) is 0 Å². The summed E-state index contributed by atoms with van der Waals surface area (Å²) in [6, 6.07) is 15.9. The van der Waals surface area contributed by atoms with Gasteiger partial charge in [0.2, 0.25) is 0 Å². The van der Waals surface area contributed by atoms with Crippen molar-refractivity contribution in [2.45, 2.75) is 0 Å². The van der Waals surface area contributed by atoms with E-state index in [9.17, 15) is 0 Å². The zero-order chi connectivity index (χ0) is 11.5. The van der Waals surface area contributed by atoms with Crippen LogP contribution >= 0.6 is 23.2 Å².